The zero-order valence-corrected chi connectivity index (χ0v) is 25.0. The molecule has 3 aromatic heterocycles. The lowest BCUT2D eigenvalue weighted by molar-refractivity contribution is 0.417. The number of methoxy groups -OCH3 is 1. The molecule has 0 saturated heterocycles. The van der Waals surface area contributed by atoms with Gasteiger partial charge in [0.25, 0.3) is 0 Å². The standard InChI is InChI=1S/C28H29ClN9O2P/c1-37-11-8-22-17(14-33-38(22)2)16-12-21(24(40-3)13-23(16)37)35-28-32-15-18(29)27(36-28)34-20-7-6-19-25(31-10-9-30-19)26(20)41(4,5)39/h6-7,9-10,12-15H,8,11H2,1-5H3,(H2,32,34,35,36). The lowest BCUT2D eigenvalue weighted by Crippen LogP contribution is -2.20. The van der Waals surface area contributed by atoms with E-state index in [1.54, 1.807) is 32.8 Å². The minimum Gasteiger partial charge on any atom is -0.494 e. The fourth-order valence-electron chi connectivity index (χ4n) is 5.18. The van der Waals surface area contributed by atoms with Crippen LogP contribution < -0.4 is 25.6 Å². The summed E-state index contributed by atoms with van der Waals surface area (Å²) in [6.07, 6.45) is 7.49. The fraction of sp³-hybridized carbons (Fsp3) is 0.250. The van der Waals surface area contributed by atoms with Crippen molar-refractivity contribution < 1.29 is 9.30 Å². The van der Waals surface area contributed by atoms with E-state index in [-0.39, 0.29) is 0 Å². The van der Waals surface area contributed by atoms with Gasteiger partial charge in [0, 0.05) is 68.0 Å². The Balaban J connectivity index is 1.40. The van der Waals surface area contributed by atoms with Gasteiger partial charge in [0.05, 0.1) is 41.7 Å². The normalized spacial score (nSPS) is 13.0. The SMILES string of the molecule is COc1cc2c(cc1Nc1ncc(Cl)c(Nc3ccc4nccnc4c3P(C)(C)=O)n1)-c1cnn(C)c1CCN2C. The molecule has 0 fully saturated rings. The second kappa shape index (κ2) is 10.3. The number of fused-ring (bicyclic) bond motifs is 4. The Labute approximate surface area is 242 Å². The van der Waals surface area contributed by atoms with Crippen molar-refractivity contribution in [2.24, 2.45) is 7.05 Å². The summed E-state index contributed by atoms with van der Waals surface area (Å²) in [5.74, 6) is 1.30. The largest absolute Gasteiger partial charge is 0.494 e. The first kappa shape index (κ1) is 27.0. The summed E-state index contributed by atoms with van der Waals surface area (Å²) in [5, 5.41) is 11.9. The van der Waals surface area contributed by atoms with Crippen LogP contribution in [0.1, 0.15) is 5.69 Å². The molecule has 11 nitrogen and oxygen atoms in total. The van der Waals surface area contributed by atoms with Crippen LogP contribution in [0, 0.1) is 0 Å². The van der Waals surface area contributed by atoms with Crippen LogP contribution in [0.3, 0.4) is 0 Å². The molecule has 0 spiro atoms. The number of nitrogens with one attached hydrogen (secondary N) is 2. The molecule has 5 aromatic rings. The number of anilines is 5. The predicted molar refractivity (Wildman–Crippen MR) is 164 cm³/mol. The third-order valence-electron chi connectivity index (χ3n) is 7.16. The van der Waals surface area contributed by atoms with Crippen LogP contribution in [-0.2, 0) is 18.0 Å². The number of benzene rings is 2. The van der Waals surface area contributed by atoms with Crippen LogP contribution in [0.25, 0.3) is 22.2 Å². The summed E-state index contributed by atoms with van der Waals surface area (Å²) < 4.78 is 21.0. The number of hydrogen-bond donors (Lipinski definition) is 2. The number of aryl methyl sites for hydroxylation is 1. The number of nitrogens with zero attached hydrogens (tertiary/aromatic N) is 7. The van der Waals surface area contributed by atoms with Gasteiger partial charge in [0.2, 0.25) is 5.95 Å². The van der Waals surface area contributed by atoms with Crippen LogP contribution >= 0.6 is 18.7 Å². The van der Waals surface area contributed by atoms with Gasteiger partial charge in [-0.1, -0.05) is 11.6 Å². The maximum Gasteiger partial charge on any atom is 0.229 e. The minimum absolute atomic E-state index is 0.304. The highest BCUT2D eigenvalue weighted by Crippen LogP contribution is 2.43. The van der Waals surface area contributed by atoms with Gasteiger partial charge >= 0.3 is 0 Å². The average molecular weight is 590 g/mol. The molecule has 2 N–H and O–H groups in total. The number of hydrogen-bond acceptors (Lipinski definition) is 10. The van der Waals surface area contributed by atoms with Gasteiger partial charge in [-0.2, -0.15) is 10.1 Å². The first-order chi connectivity index (χ1) is 19.6. The molecule has 0 amide bonds. The first-order valence-electron chi connectivity index (χ1n) is 12.9. The quantitative estimate of drug-likeness (QED) is 0.255. The highest BCUT2D eigenvalue weighted by Gasteiger charge is 2.25. The van der Waals surface area contributed by atoms with Crippen molar-refractivity contribution >= 4 is 63.9 Å². The summed E-state index contributed by atoms with van der Waals surface area (Å²) in [7, 11) is 2.90. The van der Waals surface area contributed by atoms with E-state index >= 15 is 0 Å². The van der Waals surface area contributed by atoms with Crippen molar-refractivity contribution in [3.63, 3.8) is 0 Å². The molecule has 0 aliphatic carbocycles. The second-order valence-electron chi connectivity index (χ2n) is 10.2. The second-order valence-corrected chi connectivity index (χ2v) is 13.8. The molecule has 0 saturated carbocycles. The van der Waals surface area contributed by atoms with E-state index in [9.17, 15) is 4.57 Å². The average Bonchev–Trinajstić information content (AvgIpc) is 3.25. The molecular formula is C28H29ClN9O2P. The van der Waals surface area contributed by atoms with E-state index < -0.39 is 7.14 Å². The van der Waals surface area contributed by atoms with E-state index in [0.717, 1.165) is 29.8 Å². The van der Waals surface area contributed by atoms with Gasteiger partial charge in [-0.25, -0.2) is 4.98 Å². The summed E-state index contributed by atoms with van der Waals surface area (Å²) in [6.45, 7) is 4.26. The van der Waals surface area contributed by atoms with Crippen LogP contribution in [0.2, 0.25) is 5.02 Å². The van der Waals surface area contributed by atoms with E-state index in [0.29, 0.717) is 50.3 Å². The highest BCUT2D eigenvalue weighted by molar-refractivity contribution is 7.71. The lowest BCUT2D eigenvalue weighted by atomic mass is 10.0. The Morgan fingerprint density at radius 2 is 1.80 bits per heavy atom. The Kier molecular flexibility index (Phi) is 6.79. The summed E-state index contributed by atoms with van der Waals surface area (Å²) in [4.78, 5) is 20.1. The van der Waals surface area contributed by atoms with Crippen LogP contribution in [0.5, 0.6) is 5.75 Å². The maximum absolute atomic E-state index is 13.3. The molecule has 2 aromatic carbocycles. The predicted octanol–water partition coefficient (Wildman–Crippen LogP) is 5.21. The van der Waals surface area contributed by atoms with Gasteiger partial charge in [-0.3, -0.25) is 14.6 Å². The van der Waals surface area contributed by atoms with Gasteiger partial charge < -0.3 is 24.8 Å². The molecule has 0 atom stereocenters. The van der Waals surface area contributed by atoms with Crippen LogP contribution in [-0.4, -0.2) is 63.7 Å². The molecule has 0 bridgehead atoms. The molecule has 41 heavy (non-hydrogen) atoms. The monoisotopic (exact) mass is 589 g/mol. The summed E-state index contributed by atoms with van der Waals surface area (Å²) in [6, 6.07) is 7.68. The summed E-state index contributed by atoms with van der Waals surface area (Å²) in [5.41, 5.74) is 6.84. The van der Waals surface area contributed by atoms with Crippen LogP contribution in [0.15, 0.2) is 49.1 Å². The van der Waals surface area contributed by atoms with E-state index in [1.807, 2.05) is 42.2 Å². The maximum atomic E-state index is 13.3. The molecule has 4 heterocycles. The third kappa shape index (κ3) is 4.96. The molecule has 0 radical (unpaired) electrons. The zero-order chi connectivity index (χ0) is 28.9. The Bertz CT molecular complexity index is 1850. The molecule has 210 valence electrons. The fourth-order valence-corrected chi connectivity index (χ4v) is 6.71. The Morgan fingerprint density at radius 3 is 2.59 bits per heavy atom. The topological polar surface area (TPSA) is 123 Å². The number of rotatable bonds is 6. The summed E-state index contributed by atoms with van der Waals surface area (Å²) >= 11 is 6.53. The molecule has 0 unspecified atom stereocenters. The third-order valence-corrected chi connectivity index (χ3v) is 8.97. The number of halogens is 1. The van der Waals surface area contributed by atoms with E-state index in [4.69, 9.17) is 16.3 Å². The molecule has 1 aliphatic rings. The zero-order valence-electron chi connectivity index (χ0n) is 23.3. The van der Waals surface area contributed by atoms with Crippen molar-refractivity contribution in [3.8, 4) is 16.9 Å². The van der Waals surface area contributed by atoms with Crippen molar-refractivity contribution in [2.45, 2.75) is 6.42 Å². The van der Waals surface area contributed by atoms with Crippen molar-refractivity contribution in [1.82, 2.24) is 29.7 Å². The van der Waals surface area contributed by atoms with Gasteiger partial charge in [-0.15, -0.1) is 0 Å². The van der Waals surface area contributed by atoms with E-state index in [2.05, 4.69) is 47.6 Å². The molecule has 1 aliphatic heterocycles. The highest BCUT2D eigenvalue weighted by atomic mass is 35.5. The van der Waals surface area contributed by atoms with Crippen molar-refractivity contribution in [3.05, 3.63) is 59.8 Å². The Hall–Kier alpha value is -4.21. The lowest BCUT2D eigenvalue weighted by Gasteiger charge is -2.22. The van der Waals surface area contributed by atoms with Crippen LogP contribution in [0.4, 0.5) is 28.8 Å². The smallest absolute Gasteiger partial charge is 0.229 e. The number of likely N-dealkylation sites (N-methyl/N-ethyl adjacent to an activating group) is 1. The van der Waals surface area contributed by atoms with Crippen molar-refractivity contribution in [2.75, 3.05) is 49.6 Å². The number of ether oxygens (including phenoxy) is 1. The van der Waals surface area contributed by atoms with E-state index in [1.165, 1.54) is 11.9 Å². The molecular weight excluding hydrogens is 561 g/mol. The van der Waals surface area contributed by atoms with Gasteiger partial charge in [0.15, 0.2) is 5.82 Å². The Morgan fingerprint density at radius 1 is 1.00 bits per heavy atom. The number of aromatic nitrogens is 6. The van der Waals surface area contributed by atoms with Gasteiger partial charge in [0.1, 0.15) is 23.4 Å². The van der Waals surface area contributed by atoms with Gasteiger partial charge in [-0.05, 0) is 31.5 Å². The first-order valence-corrected chi connectivity index (χ1v) is 15.9. The minimum atomic E-state index is -2.77. The molecule has 6 rings (SSSR count). The molecule has 13 heteroatoms. The van der Waals surface area contributed by atoms with Crippen molar-refractivity contribution in [1.29, 1.82) is 0 Å².